The Morgan fingerprint density at radius 3 is 2.92 bits per heavy atom. The van der Waals surface area contributed by atoms with Crippen LogP contribution in [-0.4, -0.2) is 23.1 Å². The molecular weight excluding hydrogens is 166 g/mol. The van der Waals surface area contributed by atoms with Crippen LogP contribution in [0.4, 0.5) is 11.6 Å². The predicted octanol–water partition coefficient (Wildman–Crippen LogP) is 0.361. The molecule has 0 amide bonds. The molecule has 0 unspecified atom stereocenters. The molecule has 0 aromatic carbocycles. The molecule has 0 spiro atoms. The Morgan fingerprint density at radius 2 is 2.31 bits per heavy atom. The molecule has 1 aromatic heterocycles. The van der Waals surface area contributed by atoms with E-state index in [0.717, 1.165) is 5.82 Å². The van der Waals surface area contributed by atoms with Crippen LogP contribution in [0.5, 0.6) is 0 Å². The van der Waals surface area contributed by atoms with E-state index in [1.807, 2.05) is 13.1 Å². The molecule has 0 aliphatic heterocycles. The van der Waals surface area contributed by atoms with Crippen LogP contribution in [-0.2, 0) is 0 Å². The van der Waals surface area contributed by atoms with E-state index in [-0.39, 0.29) is 0 Å². The second-order valence-corrected chi connectivity index (χ2v) is 3.25. The van der Waals surface area contributed by atoms with Gasteiger partial charge in [-0.15, -0.1) is 0 Å². The minimum Gasteiger partial charge on any atom is -0.357 e. The first-order valence-electron chi connectivity index (χ1n) is 4.33. The number of hydrazine groups is 1. The molecule has 0 atom stereocenters. The number of hydrogen-bond acceptors (Lipinski definition) is 5. The topological polar surface area (TPSA) is 67.1 Å². The molecule has 1 aromatic rings. The zero-order valence-corrected chi connectivity index (χ0v) is 7.57. The van der Waals surface area contributed by atoms with Crippen LogP contribution in [0.1, 0.15) is 12.8 Å². The summed E-state index contributed by atoms with van der Waals surface area (Å²) in [6.07, 6.45) is 4.03. The van der Waals surface area contributed by atoms with Gasteiger partial charge in [-0.25, -0.2) is 15.8 Å². The largest absolute Gasteiger partial charge is 0.357 e. The molecular formula is C8H13N5. The van der Waals surface area contributed by atoms with Crippen LogP contribution < -0.4 is 16.2 Å². The van der Waals surface area contributed by atoms with Crippen LogP contribution in [0.3, 0.4) is 0 Å². The Hall–Kier alpha value is -1.36. The second-order valence-electron chi connectivity index (χ2n) is 3.25. The molecule has 2 rings (SSSR count). The zero-order chi connectivity index (χ0) is 9.26. The summed E-state index contributed by atoms with van der Waals surface area (Å²) in [5, 5.41) is 0. The maximum absolute atomic E-state index is 5.25. The van der Waals surface area contributed by atoms with Crippen molar-refractivity contribution in [1.29, 1.82) is 0 Å². The van der Waals surface area contributed by atoms with E-state index in [2.05, 4.69) is 20.3 Å². The summed E-state index contributed by atoms with van der Waals surface area (Å²) in [5.41, 5.74) is 2.50. The van der Waals surface area contributed by atoms with Gasteiger partial charge < -0.3 is 10.3 Å². The number of aromatic nitrogens is 2. The lowest BCUT2D eigenvalue weighted by Crippen LogP contribution is -2.21. The average Bonchev–Trinajstić information content (AvgIpc) is 3.00. The highest BCUT2D eigenvalue weighted by Crippen LogP contribution is 2.29. The van der Waals surface area contributed by atoms with Crippen molar-refractivity contribution in [3.63, 3.8) is 0 Å². The lowest BCUT2D eigenvalue weighted by Gasteiger charge is -2.17. The van der Waals surface area contributed by atoms with Gasteiger partial charge in [-0.3, -0.25) is 0 Å². The van der Waals surface area contributed by atoms with E-state index in [1.54, 1.807) is 0 Å². The van der Waals surface area contributed by atoms with Gasteiger partial charge in [0, 0.05) is 19.2 Å². The van der Waals surface area contributed by atoms with E-state index >= 15 is 0 Å². The van der Waals surface area contributed by atoms with Gasteiger partial charge >= 0.3 is 0 Å². The highest BCUT2D eigenvalue weighted by molar-refractivity contribution is 5.48. The molecule has 1 aliphatic rings. The van der Waals surface area contributed by atoms with Gasteiger partial charge in [0.2, 0.25) is 0 Å². The minimum atomic E-state index is 0.650. The number of nitrogens with two attached hydrogens (primary N) is 1. The van der Waals surface area contributed by atoms with Crippen LogP contribution in [0.25, 0.3) is 0 Å². The van der Waals surface area contributed by atoms with Crippen LogP contribution >= 0.6 is 0 Å². The van der Waals surface area contributed by atoms with Crippen molar-refractivity contribution in [3.8, 4) is 0 Å². The fraction of sp³-hybridized carbons (Fsp3) is 0.500. The maximum atomic E-state index is 5.25. The number of rotatable bonds is 3. The van der Waals surface area contributed by atoms with Crippen LogP contribution in [0, 0.1) is 0 Å². The van der Waals surface area contributed by atoms with Crippen LogP contribution in [0.2, 0.25) is 0 Å². The quantitative estimate of drug-likeness (QED) is 0.518. The third kappa shape index (κ3) is 1.70. The molecule has 1 heterocycles. The Bertz CT molecular complexity index is 296. The normalized spacial score (nSPS) is 15.5. The number of nitrogens with zero attached hydrogens (tertiary/aromatic N) is 3. The van der Waals surface area contributed by atoms with Gasteiger partial charge in [0.15, 0.2) is 0 Å². The van der Waals surface area contributed by atoms with Crippen molar-refractivity contribution in [3.05, 3.63) is 12.4 Å². The lowest BCUT2D eigenvalue weighted by atomic mass is 10.4. The first kappa shape index (κ1) is 8.25. The molecule has 70 valence electrons. The maximum Gasteiger partial charge on any atom is 0.145 e. The summed E-state index contributed by atoms with van der Waals surface area (Å²) < 4.78 is 0. The van der Waals surface area contributed by atoms with E-state index in [9.17, 15) is 0 Å². The van der Waals surface area contributed by atoms with Crippen molar-refractivity contribution in [2.75, 3.05) is 17.4 Å². The zero-order valence-electron chi connectivity index (χ0n) is 7.57. The molecule has 1 saturated carbocycles. The third-order valence-electron chi connectivity index (χ3n) is 2.26. The Balaban J connectivity index is 2.18. The lowest BCUT2D eigenvalue weighted by molar-refractivity contribution is 0.885. The standard InChI is InChI=1S/C8H13N5/c1-13(6-2-3-6)8-4-7(12-9)10-5-11-8/h4-6H,2-3,9H2,1H3,(H,10,11,12). The fourth-order valence-electron chi connectivity index (χ4n) is 1.27. The first-order valence-corrected chi connectivity index (χ1v) is 4.33. The van der Waals surface area contributed by atoms with Gasteiger partial charge in [-0.2, -0.15) is 0 Å². The van der Waals surface area contributed by atoms with Gasteiger partial charge in [0.1, 0.15) is 18.0 Å². The van der Waals surface area contributed by atoms with E-state index in [4.69, 9.17) is 5.84 Å². The van der Waals surface area contributed by atoms with E-state index in [1.165, 1.54) is 19.2 Å². The van der Waals surface area contributed by atoms with Gasteiger partial charge in [-0.1, -0.05) is 0 Å². The molecule has 0 radical (unpaired) electrons. The summed E-state index contributed by atoms with van der Waals surface area (Å²) in [6, 6.07) is 2.50. The van der Waals surface area contributed by atoms with Crippen molar-refractivity contribution in [2.24, 2.45) is 5.84 Å². The Kier molecular flexibility index (Phi) is 2.02. The highest BCUT2D eigenvalue weighted by Gasteiger charge is 2.27. The summed E-state index contributed by atoms with van der Waals surface area (Å²) >= 11 is 0. The van der Waals surface area contributed by atoms with Crippen molar-refractivity contribution >= 4 is 11.6 Å². The van der Waals surface area contributed by atoms with Crippen molar-refractivity contribution in [2.45, 2.75) is 18.9 Å². The fourth-order valence-corrected chi connectivity index (χ4v) is 1.27. The summed E-state index contributed by atoms with van der Waals surface area (Å²) in [6.45, 7) is 0. The number of anilines is 2. The summed E-state index contributed by atoms with van der Waals surface area (Å²) in [4.78, 5) is 10.3. The van der Waals surface area contributed by atoms with Gasteiger partial charge in [0.05, 0.1) is 0 Å². The number of nitrogen functional groups attached to an aromatic ring is 1. The SMILES string of the molecule is CN(c1cc(NN)ncn1)C1CC1. The van der Waals surface area contributed by atoms with E-state index < -0.39 is 0 Å². The predicted molar refractivity (Wildman–Crippen MR) is 51.3 cm³/mol. The molecule has 0 bridgehead atoms. The van der Waals surface area contributed by atoms with Crippen LogP contribution in [0.15, 0.2) is 12.4 Å². The number of hydrogen-bond donors (Lipinski definition) is 2. The third-order valence-corrected chi connectivity index (χ3v) is 2.26. The average molecular weight is 179 g/mol. The Morgan fingerprint density at radius 1 is 1.54 bits per heavy atom. The van der Waals surface area contributed by atoms with Crippen molar-refractivity contribution in [1.82, 2.24) is 9.97 Å². The van der Waals surface area contributed by atoms with Gasteiger partial charge in [0.25, 0.3) is 0 Å². The number of nitrogens with one attached hydrogen (secondary N) is 1. The summed E-state index contributed by atoms with van der Waals surface area (Å²) in [5.74, 6) is 6.82. The van der Waals surface area contributed by atoms with Gasteiger partial charge in [-0.05, 0) is 12.8 Å². The molecule has 1 aliphatic carbocycles. The minimum absolute atomic E-state index is 0.650. The highest BCUT2D eigenvalue weighted by atomic mass is 15.3. The molecule has 3 N–H and O–H groups in total. The van der Waals surface area contributed by atoms with E-state index in [0.29, 0.717) is 11.9 Å². The molecule has 1 fully saturated rings. The first-order chi connectivity index (χ1) is 6.31. The monoisotopic (exact) mass is 179 g/mol. The molecule has 13 heavy (non-hydrogen) atoms. The molecule has 5 heteroatoms. The smallest absolute Gasteiger partial charge is 0.145 e. The molecule has 5 nitrogen and oxygen atoms in total. The second kappa shape index (κ2) is 3.18. The van der Waals surface area contributed by atoms with Crippen molar-refractivity contribution < 1.29 is 0 Å². The summed E-state index contributed by atoms with van der Waals surface area (Å²) in [7, 11) is 2.04. The Labute approximate surface area is 76.9 Å². The molecule has 0 saturated heterocycles.